The van der Waals surface area contributed by atoms with E-state index < -0.39 is 0 Å². The first kappa shape index (κ1) is 14.9. The number of likely N-dealkylation sites (tertiary alicyclic amines) is 1. The molecular formula is C17H22BrNO2. The molecule has 0 aromatic heterocycles. The van der Waals surface area contributed by atoms with Gasteiger partial charge < -0.3 is 9.64 Å². The Bertz CT molecular complexity index is 493. The maximum atomic E-state index is 12.2. The summed E-state index contributed by atoms with van der Waals surface area (Å²) in [5, 5.41) is 1.09. The zero-order valence-electron chi connectivity index (χ0n) is 12.3. The van der Waals surface area contributed by atoms with E-state index in [4.69, 9.17) is 4.74 Å². The highest BCUT2D eigenvalue weighted by atomic mass is 79.9. The summed E-state index contributed by atoms with van der Waals surface area (Å²) in [6, 6.07) is 9.86. The van der Waals surface area contributed by atoms with Gasteiger partial charge in [0.2, 0.25) is 0 Å². The summed E-state index contributed by atoms with van der Waals surface area (Å²) in [5.74, 6) is 0.783. The minimum Gasteiger partial charge on any atom is -0.445 e. The van der Waals surface area contributed by atoms with E-state index in [0.29, 0.717) is 12.0 Å². The van der Waals surface area contributed by atoms with Gasteiger partial charge >= 0.3 is 6.09 Å². The number of hydrogen-bond donors (Lipinski definition) is 0. The van der Waals surface area contributed by atoms with Crippen molar-refractivity contribution in [2.45, 2.75) is 32.3 Å². The Morgan fingerprint density at radius 3 is 2.86 bits per heavy atom. The zero-order valence-corrected chi connectivity index (χ0v) is 13.8. The molecule has 3 nitrogen and oxygen atoms in total. The van der Waals surface area contributed by atoms with E-state index in [-0.39, 0.29) is 6.09 Å². The predicted molar refractivity (Wildman–Crippen MR) is 86.4 cm³/mol. The van der Waals surface area contributed by atoms with Crippen LogP contribution in [0.1, 0.15) is 31.2 Å². The number of alkyl halides is 1. The Balaban J connectivity index is 1.51. The maximum absolute atomic E-state index is 12.2. The van der Waals surface area contributed by atoms with Crippen molar-refractivity contribution >= 4 is 22.0 Å². The molecule has 2 aliphatic rings. The molecule has 2 atom stereocenters. The second-order valence-corrected chi connectivity index (χ2v) is 7.12. The van der Waals surface area contributed by atoms with Gasteiger partial charge in [0.15, 0.2) is 0 Å². The molecule has 1 aliphatic heterocycles. The Labute approximate surface area is 134 Å². The largest absolute Gasteiger partial charge is 0.445 e. The van der Waals surface area contributed by atoms with Gasteiger partial charge in [-0.2, -0.15) is 0 Å². The number of rotatable bonds is 3. The van der Waals surface area contributed by atoms with Gasteiger partial charge in [-0.15, -0.1) is 0 Å². The van der Waals surface area contributed by atoms with Crippen LogP contribution in [0.15, 0.2) is 30.3 Å². The lowest BCUT2D eigenvalue weighted by molar-refractivity contribution is 0.0995. The number of carbonyl (C=O) groups excluding carboxylic acids is 1. The summed E-state index contributed by atoms with van der Waals surface area (Å²) < 4.78 is 5.45. The second kappa shape index (κ2) is 6.39. The van der Waals surface area contributed by atoms with Crippen molar-refractivity contribution in [1.82, 2.24) is 4.90 Å². The van der Waals surface area contributed by atoms with E-state index in [2.05, 4.69) is 15.9 Å². The molecule has 1 aromatic carbocycles. The molecule has 3 rings (SSSR count). The van der Waals surface area contributed by atoms with Gasteiger partial charge in [-0.3, -0.25) is 0 Å². The fourth-order valence-electron chi connectivity index (χ4n) is 3.73. The van der Waals surface area contributed by atoms with Gasteiger partial charge in [0.1, 0.15) is 6.61 Å². The highest BCUT2D eigenvalue weighted by Crippen LogP contribution is 2.48. The summed E-state index contributed by atoms with van der Waals surface area (Å²) in [4.78, 5) is 14.1. The molecule has 1 spiro atoms. The molecule has 1 saturated carbocycles. The first-order valence-electron chi connectivity index (χ1n) is 7.72. The van der Waals surface area contributed by atoms with E-state index >= 15 is 0 Å². The topological polar surface area (TPSA) is 29.5 Å². The van der Waals surface area contributed by atoms with Crippen LogP contribution in [0.25, 0.3) is 0 Å². The van der Waals surface area contributed by atoms with Crippen molar-refractivity contribution in [3.63, 3.8) is 0 Å². The second-order valence-electron chi connectivity index (χ2n) is 6.47. The third kappa shape index (κ3) is 3.42. The van der Waals surface area contributed by atoms with Crippen LogP contribution in [0.2, 0.25) is 0 Å². The van der Waals surface area contributed by atoms with E-state index in [9.17, 15) is 4.79 Å². The third-order valence-corrected chi connectivity index (χ3v) is 5.84. The molecule has 1 saturated heterocycles. The van der Waals surface area contributed by atoms with Crippen molar-refractivity contribution < 1.29 is 9.53 Å². The lowest BCUT2D eigenvalue weighted by Gasteiger charge is -2.23. The van der Waals surface area contributed by atoms with Gasteiger partial charge in [-0.25, -0.2) is 4.79 Å². The van der Waals surface area contributed by atoms with Gasteiger partial charge in [-0.05, 0) is 42.6 Å². The molecule has 0 radical (unpaired) electrons. The monoisotopic (exact) mass is 351 g/mol. The molecule has 0 unspecified atom stereocenters. The lowest BCUT2D eigenvalue weighted by atomic mass is 9.85. The molecule has 1 aliphatic carbocycles. The molecule has 4 heteroatoms. The van der Waals surface area contributed by atoms with Crippen LogP contribution in [0.5, 0.6) is 0 Å². The zero-order chi connectivity index (χ0) is 14.7. The molecule has 2 fully saturated rings. The first-order valence-corrected chi connectivity index (χ1v) is 8.84. The van der Waals surface area contributed by atoms with Crippen LogP contribution < -0.4 is 0 Å². The Hall–Kier alpha value is -1.03. The predicted octanol–water partition coefficient (Wildman–Crippen LogP) is 4.21. The van der Waals surface area contributed by atoms with Crippen molar-refractivity contribution in [3.8, 4) is 0 Å². The summed E-state index contributed by atoms with van der Waals surface area (Å²) >= 11 is 3.60. The smallest absolute Gasteiger partial charge is 0.410 e. The van der Waals surface area contributed by atoms with E-state index in [0.717, 1.165) is 36.3 Å². The van der Waals surface area contributed by atoms with Crippen LogP contribution in [-0.4, -0.2) is 29.4 Å². The van der Waals surface area contributed by atoms with Crippen molar-refractivity contribution in [2.24, 2.45) is 11.3 Å². The number of benzene rings is 1. The van der Waals surface area contributed by atoms with Crippen molar-refractivity contribution in [3.05, 3.63) is 35.9 Å². The lowest BCUT2D eigenvalue weighted by Crippen LogP contribution is -2.31. The third-order valence-electron chi connectivity index (χ3n) is 4.92. The van der Waals surface area contributed by atoms with Crippen LogP contribution >= 0.6 is 15.9 Å². The quantitative estimate of drug-likeness (QED) is 0.763. The number of halogens is 1. The van der Waals surface area contributed by atoms with Gasteiger partial charge in [-0.1, -0.05) is 46.3 Å². The van der Waals surface area contributed by atoms with Crippen LogP contribution in [0.4, 0.5) is 4.79 Å². The molecule has 1 aromatic rings. The standard InChI is InChI=1S/C17H22BrNO2/c18-11-15-6-7-17(10-15)8-9-19(13-17)16(20)21-12-14-4-2-1-3-5-14/h1-5,15H,6-13H2/t15-,17-/m1/s1. The average molecular weight is 352 g/mol. The SMILES string of the molecule is O=C(OCc1ccccc1)N1CC[C@@]2(CC[C@@H](CBr)C2)C1. The van der Waals surface area contributed by atoms with Crippen LogP contribution in [0, 0.1) is 11.3 Å². The minimum atomic E-state index is -0.155. The fraction of sp³-hybridized carbons (Fsp3) is 0.588. The number of hydrogen-bond acceptors (Lipinski definition) is 2. The molecule has 114 valence electrons. The molecular weight excluding hydrogens is 330 g/mol. The van der Waals surface area contributed by atoms with Crippen LogP contribution in [0.3, 0.4) is 0 Å². The summed E-state index contributed by atoms with van der Waals surface area (Å²) in [5.41, 5.74) is 1.41. The Morgan fingerprint density at radius 2 is 2.14 bits per heavy atom. The number of ether oxygens (including phenoxy) is 1. The summed E-state index contributed by atoms with van der Waals surface area (Å²) in [7, 11) is 0. The van der Waals surface area contributed by atoms with Gasteiger partial charge in [0.25, 0.3) is 0 Å². The number of carbonyl (C=O) groups is 1. The fourth-order valence-corrected chi connectivity index (χ4v) is 4.28. The average Bonchev–Trinajstić information content (AvgIpc) is 3.13. The minimum absolute atomic E-state index is 0.155. The highest BCUT2D eigenvalue weighted by molar-refractivity contribution is 9.09. The molecule has 1 amide bonds. The summed E-state index contributed by atoms with van der Waals surface area (Å²) in [6.07, 6.45) is 4.78. The molecule has 1 heterocycles. The Morgan fingerprint density at radius 1 is 1.33 bits per heavy atom. The van der Waals surface area contributed by atoms with Crippen molar-refractivity contribution in [2.75, 3.05) is 18.4 Å². The molecule has 0 N–H and O–H groups in total. The van der Waals surface area contributed by atoms with E-state index in [1.807, 2.05) is 35.2 Å². The Kier molecular flexibility index (Phi) is 4.53. The maximum Gasteiger partial charge on any atom is 0.410 e. The highest BCUT2D eigenvalue weighted by Gasteiger charge is 2.45. The van der Waals surface area contributed by atoms with E-state index in [1.54, 1.807) is 0 Å². The normalized spacial score (nSPS) is 28.2. The van der Waals surface area contributed by atoms with E-state index in [1.165, 1.54) is 19.3 Å². The molecule has 0 bridgehead atoms. The first-order chi connectivity index (χ1) is 10.2. The van der Waals surface area contributed by atoms with Crippen LogP contribution in [-0.2, 0) is 11.3 Å². The number of nitrogens with zero attached hydrogens (tertiary/aromatic N) is 1. The number of amides is 1. The molecule has 21 heavy (non-hydrogen) atoms. The van der Waals surface area contributed by atoms with Crippen molar-refractivity contribution in [1.29, 1.82) is 0 Å². The summed E-state index contributed by atoms with van der Waals surface area (Å²) in [6.45, 7) is 2.10. The van der Waals surface area contributed by atoms with Gasteiger partial charge in [0, 0.05) is 18.4 Å². The van der Waals surface area contributed by atoms with Gasteiger partial charge in [0.05, 0.1) is 0 Å².